The highest BCUT2D eigenvalue weighted by atomic mass is 16.2. The molecule has 0 spiro atoms. The number of carbonyl (C=O) groups excluding carboxylic acids is 1. The first-order valence-corrected chi connectivity index (χ1v) is 9.27. The molecule has 0 saturated heterocycles. The second kappa shape index (κ2) is 9.44. The lowest BCUT2D eigenvalue weighted by Gasteiger charge is -2.31. The quantitative estimate of drug-likeness (QED) is 0.638. The normalized spacial score (nSPS) is 20.9. The molecule has 1 fully saturated rings. The van der Waals surface area contributed by atoms with Crippen LogP contribution in [0.2, 0.25) is 0 Å². The molecule has 1 saturated carbocycles. The molecule has 0 aromatic heterocycles. The summed E-state index contributed by atoms with van der Waals surface area (Å²) in [6, 6.07) is 8.71. The van der Waals surface area contributed by atoms with Crippen LogP contribution in [0.5, 0.6) is 0 Å². The number of nitrogens with one attached hydrogen (secondary N) is 2. The standard InChI is InChI=1S/C20H32N4O/c1-15-9-5-7-11-17(15)13-21-20(22-14-19(25)24(3)4)23-18-12-8-6-10-16(18)2/h5,7,9,11,16,18H,6,8,10,12-14H2,1-4H3,(H2,21,22,23). The summed E-state index contributed by atoms with van der Waals surface area (Å²) in [7, 11) is 3.54. The van der Waals surface area contributed by atoms with Gasteiger partial charge in [-0.25, -0.2) is 4.99 Å². The molecule has 0 aliphatic heterocycles. The number of aliphatic imine (C=N–C) groups is 1. The molecule has 0 radical (unpaired) electrons. The van der Waals surface area contributed by atoms with Crippen LogP contribution in [0.3, 0.4) is 0 Å². The summed E-state index contributed by atoms with van der Waals surface area (Å²) < 4.78 is 0. The van der Waals surface area contributed by atoms with Crippen LogP contribution in [-0.4, -0.2) is 43.4 Å². The molecule has 2 atom stereocenters. The van der Waals surface area contributed by atoms with Crippen molar-refractivity contribution in [3.63, 3.8) is 0 Å². The van der Waals surface area contributed by atoms with E-state index in [1.54, 1.807) is 19.0 Å². The molecule has 1 aliphatic rings. The summed E-state index contributed by atoms with van der Waals surface area (Å²) in [6.45, 7) is 5.26. The van der Waals surface area contributed by atoms with Crippen molar-refractivity contribution in [3.05, 3.63) is 35.4 Å². The molecule has 1 amide bonds. The topological polar surface area (TPSA) is 56.7 Å². The van der Waals surface area contributed by atoms with Crippen molar-refractivity contribution >= 4 is 11.9 Å². The van der Waals surface area contributed by atoms with Crippen LogP contribution >= 0.6 is 0 Å². The van der Waals surface area contributed by atoms with Crippen molar-refractivity contribution in [2.75, 3.05) is 20.6 Å². The van der Waals surface area contributed by atoms with Crippen LogP contribution in [0.4, 0.5) is 0 Å². The highest BCUT2D eigenvalue weighted by molar-refractivity contribution is 5.86. The third kappa shape index (κ3) is 6.07. The van der Waals surface area contributed by atoms with Crippen LogP contribution in [0.1, 0.15) is 43.7 Å². The molecule has 5 heteroatoms. The van der Waals surface area contributed by atoms with E-state index in [1.165, 1.54) is 30.4 Å². The zero-order chi connectivity index (χ0) is 18.2. The SMILES string of the molecule is Cc1ccccc1CN=C(NCC(=O)N(C)C)NC1CCCCC1C. The minimum absolute atomic E-state index is 0.0436. The molecule has 0 bridgehead atoms. The van der Waals surface area contributed by atoms with Gasteiger partial charge in [-0.2, -0.15) is 0 Å². The third-order valence-electron chi connectivity index (χ3n) is 5.01. The van der Waals surface area contributed by atoms with E-state index in [0.29, 0.717) is 18.5 Å². The molecule has 2 unspecified atom stereocenters. The number of amides is 1. The van der Waals surface area contributed by atoms with Crippen LogP contribution in [-0.2, 0) is 11.3 Å². The van der Waals surface area contributed by atoms with E-state index < -0.39 is 0 Å². The Labute approximate surface area is 151 Å². The van der Waals surface area contributed by atoms with Gasteiger partial charge in [0.2, 0.25) is 5.91 Å². The first-order chi connectivity index (χ1) is 12.0. The average molecular weight is 345 g/mol. The van der Waals surface area contributed by atoms with Gasteiger partial charge in [0.1, 0.15) is 0 Å². The predicted molar refractivity (Wildman–Crippen MR) is 104 cm³/mol. The fraction of sp³-hybridized carbons (Fsp3) is 0.600. The lowest BCUT2D eigenvalue weighted by atomic mass is 9.86. The Morgan fingerprint density at radius 3 is 2.64 bits per heavy atom. The van der Waals surface area contributed by atoms with Gasteiger partial charge in [-0.3, -0.25) is 4.79 Å². The number of guanidine groups is 1. The van der Waals surface area contributed by atoms with E-state index in [1.807, 2.05) is 12.1 Å². The summed E-state index contributed by atoms with van der Waals surface area (Å²) in [6.07, 6.45) is 4.97. The van der Waals surface area contributed by atoms with Gasteiger partial charge in [0.05, 0.1) is 13.1 Å². The Bertz CT molecular complexity index is 597. The lowest BCUT2D eigenvalue weighted by molar-refractivity contribution is -0.127. The molecule has 1 aromatic rings. The fourth-order valence-corrected chi connectivity index (χ4v) is 3.13. The van der Waals surface area contributed by atoms with Gasteiger partial charge in [-0.15, -0.1) is 0 Å². The molecule has 0 heterocycles. The maximum atomic E-state index is 11.9. The monoisotopic (exact) mass is 344 g/mol. The Hall–Kier alpha value is -2.04. The van der Waals surface area contributed by atoms with Gasteiger partial charge in [0.25, 0.3) is 0 Å². The van der Waals surface area contributed by atoms with Crippen molar-refractivity contribution in [1.29, 1.82) is 0 Å². The van der Waals surface area contributed by atoms with E-state index in [2.05, 4.69) is 36.6 Å². The second-order valence-electron chi connectivity index (χ2n) is 7.25. The first-order valence-electron chi connectivity index (χ1n) is 9.27. The molecule has 138 valence electrons. The molecule has 25 heavy (non-hydrogen) atoms. The Kier molecular flexibility index (Phi) is 7.29. The Morgan fingerprint density at radius 2 is 1.96 bits per heavy atom. The number of rotatable bonds is 5. The van der Waals surface area contributed by atoms with Gasteiger partial charge in [0.15, 0.2) is 5.96 Å². The van der Waals surface area contributed by atoms with Crippen LogP contribution < -0.4 is 10.6 Å². The first kappa shape index (κ1) is 19.3. The number of hydrogen-bond donors (Lipinski definition) is 2. The molecule has 5 nitrogen and oxygen atoms in total. The average Bonchev–Trinajstić information content (AvgIpc) is 2.59. The van der Waals surface area contributed by atoms with E-state index >= 15 is 0 Å². The molecule has 1 aromatic carbocycles. The number of aryl methyl sites for hydroxylation is 1. The van der Waals surface area contributed by atoms with E-state index in [0.717, 1.165) is 12.4 Å². The largest absolute Gasteiger partial charge is 0.353 e. The van der Waals surface area contributed by atoms with Crippen molar-refractivity contribution in [3.8, 4) is 0 Å². The number of benzene rings is 1. The number of hydrogen-bond acceptors (Lipinski definition) is 2. The van der Waals surface area contributed by atoms with Crippen molar-refractivity contribution in [1.82, 2.24) is 15.5 Å². The summed E-state index contributed by atoms with van der Waals surface area (Å²) >= 11 is 0. The maximum absolute atomic E-state index is 11.9. The van der Waals surface area contributed by atoms with Crippen LogP contribution in [0.25, 0.3) is 0 Å². The zero-order valence-electron chi connectivity index (χ0n) is 16.0. The summed E-state index contributed by atoms with van der Waals surface area (Å²) in [5, 5.41) is 6.76. The Morgan fingerprint density at radius 1 is 1.24 bits per heavy atom. The lowest BCUT2D eigenvalue weighted by Crippen LogP contribution is -2.49. The van der Waals surface area contributed by atoms with Crippen molar-refractivity contribution in [2.24, 2.45) is 10.9 Å². The smallest absolute Gasteiger partial charge is 0.241 e. The molecular formula is C20H32N4O. The molecule has 2 N–H and O–H groups in total. The molecule has 2 rings (SSSR count). The number of nitrogens with zero attached hydrogens (tertiary/aromatic N) is 2. The highest BCUT2D eigenvalue weighted by Gasteiger charge is 2.22. The van der Waals surface area contributed by atoms with Gasteiger partial charge < -0.3 is 15.5 Å². The van der Waals surface area contributed by atoms with Gasteiger partial charge >= 0.3 is 0 Å². The highest BCUT2D eigenvalue weighted by Crippen LogP contribution is 2.23. The summed E-state index contributed by atoms with van der Waals surface area (Å²) in [5.74, 6) is 1.41. The summed E-state index contributed by atoms with van der Waals surface area (Å²) in [5.41, 5.74) is 2.44. The van der Waals surface area contributed by atoms with Crippen LogP contribution in [0, 0.1) is 12.8 Å². The van der Waals surface area contributed by atoms with E-state index in [4.69, 9.17) is 4.99 Å². The molecule has 1 aliphatic carbocycles. The van der Waals surface area contributed by atoms with Gasteiger partial charge in [-0.1, -0.05) is 44.0 Å². The van der Waals surface area contributed by atoms with Crippen LogP contribution in [0.15, 0.2) is 29.3 Å². The minimum Gasteiger partial charge on any atom is -0.353 e. The predicted octanol–water partition coefficient (Wildman–Crippen LogP) is 2.70. The third-order valence-corrected chi connectivity index (χ3v) is 5.01. The minimum atomic E-state index is 0.0436. The maximum Gasteiger partial charge on any atom is 0.241 e. The van der Waals surface area contributed by atoms with Gasteiger partial charge in [-0.05, 0) is 36.8 Å². The van der Waals surface area contributed by atoms with Crippen molar-refractivity contribution < 1.29 is 4.79 Å². The second-order valence-corrected chi connectivity index (χ2v) is 7.25. The van der Waals surface area contributed by atoms with E-state index in [9.17, 15) is 4.79 Å². The van der Waals surface area contributed by atoms with Gasteiger partial charge in [0, 0.05) is 20.1 Å². The van der Waals surface area contributed by atoms with Crippen molar-refractivity contribution in [2.45, 2.75) is 52.1 Å². The number of carbonyl (C=O) groups is 1. The van der Waals surface area contributed by atoms with E-state index in [-0.39, 0.29) is 12.5 Å². The molecular weight excluding hydrogens is 312 g/mol. The zero-order valence-corrected chi connectivity index (χ0v) is 16.0. The fourth-order valence-electron chi connectivity index (χ4n) is 3.13. The Balaban J connectivity index is 2.05. The summed E-state index contributed by atoms with van der Waals surface area (Å²) in [4.78, 5) is 18.2. The number of likely N-dealkylation sites (N-methyl/N-ethyl adjacent to an activating group) is 1.